The molecule has 2 aromatic carbocycles. The number of rotatable bonds is 9. The summed E-state index contributed by atoms with van der Waals surface area (Å²) in [6.45, 7) is 3.32. The molecule has 0 aliphatic rings. The van der Waals surface area contributed by atoms with Crippen molar-refractivity contribution >= 4 is 21.7 Å². The predicted molar refractivity (Wildman–Crippen MR) is 102 cm³/mol. The Kier molecular flexibility index (Phi) is 7.22. The molecule has 0 aliphatic carbocycles. The smallest absolute Gasteiger partial charge is 0.326 e. The molecule has 0 atom stereocenters. The molecule has 0 saturated heterocycles. The molecule has 0 spiro atoms. The standard InChI is InChI=1S/C19H22FNO6S/c1-4-26-15-8-6-7-14(11-15)21(13-19(22)27-5-2)28(23,24)16-9-10-18(25-3)17(20)12-16/h6-12H,4-5,13H2,1-3H3. The van der Waals surface area contributed by atoms with Crippen LogP contribution in [0.25, 0.3) is 0 Å². The number of carbonyl (C=O) groups is 1. The number of hydrogen-bond donors (Lipinski definition) is 0. The van der Waals surface area contributed by atoms with Crippen LogP contribution in [0.3, 0.4) is 0 Å². The summed E-state index contributed by atoms with van der Waals surface area (Å²) >= 11 is 0. The van der Waals surface area contributed by atoms with E-state index in [2.05, 4.69) is 0 Å². The van der Waals surface area contributed by atoms with Crippen molar-refractivity contribution in [2.75, 3.05) is 31.2 Å². The van der Waals surface area contributed by atoms with E-state index >= 15 is 0 Å². The average molecular weight is 411 g/mol. The Labute approximate surface area is 163 Å². The molecule has 2 aromatic rings. The van der Waals surface area contributed by atoms with Crippen LogP contribution in [-0.2, 0) is 19.6 Å². The molecule has 0 radical (unpaired) electrons. The third kappa shape index (κ3) is 4.92. The minimum absolute atomic E-state index is 0.0887. The van der Waals surface area contributed by atoms with Crippen LogP contribution in [-0.4, -0.2) is 41.3 Å². The average Bonchev–Trinajstić information content (AvgIpc) is 2.66. The number of hydrogen-bond acceptors (Lipinski definition) is 6. The van der Waals surface area contributed by atoms with Gasteiger partial charge in [0.15, 0.2) is 11.6 Å². The lowest BCUT2D eigenvalue weighted by Crippen LogP contribution is -2.36. The highest BCUT2D eigenvalue weighted by molar-refractivity contribution is 7.92. The summed E-state index contributed by atoms with van der Waals surface area (Å²) in [5.74, 6) is -1.22. The van der Waals surface area contributed by atoms with Gasteiger partial charge >= 0.3 is 5.97 Å². The number of carbonyl (C=O) groups excluding carboxylic acids is 1. The van der Waals surface area contributed by atoms with Crippen molar-refractivity contribution in [3.05, 3.63) is 48.3 Å². The highest BCUT2D eigenvalue weighted by Gasteiger charge is 2.29. The van der Waals surface area contributed by atoms with E-state index in [0.29, 0.717) is 12.4 Å². The number of methoxy groups -OCH3 is 1. The first-order valence-corrected chi connectivity index (χ1v) is 10.0. The third-order valence-corrected chi connectivity index (χ3v) is 5.48. The fourth-order valence-electron chi connectivity index (χ4n) is 2.47. The Morgan fingerprint density at radius 1 is 1.11 bits per heavy atom. The molecule has 0 saturated carbocycles. The van der Waals surface area contributed by atoms with Gasteiger partial charge in [-0.1, -0.05) is 6.07 Å². The third-order valence-electron chi connectivity index (χ3n) is 3.71. The Balaban J connectivity index is 2.52. The van der Waals surface area contributed by atoms with Crippen LogP contribution in [0, 0.1) is 5.82 Å². The molecule has 0 fully saturated rings. The van der Waals surface area contributed by atoms with E-state index in [1.54, 1.807) is 26.0 Å². The fourth-order valence-corrected chi connectivity index (χ4v) is 3.88. The van der Waals surface area contributed by atoms with Gasteiger partial charge in [0.25, 0.3) is 10.0 Å². The maximum Gasteiger partial charge on any atom is 0.326 e. The number of esters is 1. The maximum atomic E-state index is 14.1. The predicted octanol–water partition coefficient (Wildman–Crippen LogP) is 2.99. The van der Waals surface area contributed by atoms with Crippen LogP contribution in [0.15, 0.2) is 47.4 Å². The summed E-state index contributed by atoms with van der Waals surface area (Å²) in [5.41, 5.74) is 0.190. The molecule has 7 nitrogen and oxygen atoms in total. The van der Waals surface area contributed by atoms with Gasteiger partial charge in [-0.05, 0) is 44.2 Å². The van der Waals surface area contributed by atoms with Crippen LogP contribution >= 0.6 is 0 Å². The molecular weight excluding hydrogens is 389 g/mol. The topological polar surface area (TPSA) is 82.1 Å². The van der Waals surface area contributed by atoms with E-state index < -0.39 is 28.4 Å². The quantitative estimate of drug-likeness (QED) is 0.590. The first kappa shape index (κ1) is 21.5. The molecule has 28 heavy (non-hydrogen) atoms. The lowest BCUT2D eigenvalue weighted by molar-refractivity contribution is -0.141. The van der Waals surface area contributed by atoms with Crippen molar-refractivity contribution in [1.82, 2.24) is 0 Å². The second-order valence-corrected chi connectivity index (χ2v) is 7.41. The second-order valence-electron chi connectivity index (χ2n) is 5.54. The Hall–Kier alpha value is -2.81. The summed E-state index contributed by atoms with van der Waals surface area (Å²) < 4.78 is 56.4. The highest BCUT2D eigenvalue weighted by atomic mass is 32.2. The lowest BCUT2D eigenvalue weighted by atomic mass is 10.3. The van der Waals surface area contributed by atoms with Crippen LogP contribution in [0.1, 0.15) is 13.8 Å². The van der Waals surface area contributed by atoms with Crippen molar-refractivity contribution < 1.29 is 31.8 Å². The number of ether oxygens (including phenoxy) is 3. The van der Waals surface area contributed by atoms with Crippen LogP contribution in [0.4, 0.5) is 10.1 Å². The highest BCUT2D eigenvalue weighted by Crippen LogP contribution is 2.29. The second kappa shape index (κ2) is 9.41. The number of halogens is 1. The number of nitrogens with zero attached hydrogens (tertiary/aromatic N) is 1. The van der Waals surface area contributed by atoms with E-state index in [4.69, 9.17) is 14.2 Å². The zero-order valence-electron chi connectivity index (χ0n) is 15.8. The van der Waals surface area contributed by atoms with Gasteiger partial charge in [0.1, 0.15) is 12.3 Å². The van der Waals surface area contributed by atoms with Gasteiger partial charge in [0.05, 0.1) is 30.9 Å². The summed E-state index contributed by atoms with van der Waals surface area (Å²) in [6.07, 6.45) is 0. The Morgan fingerprint density at radius 2 is 1.86 bits per heavy atom. The lowest BCUT2D eigenvalue weighted by Gasteiger charge is -2.24. The van der Waals surface area contributed by atoms with Crippen LogP contribution < -0.4 is 13.8 Å². The molecule has 0 bridgehead atoms. The van der Waals surface area contributed by atoms with E-state index in [1.165, 1.54) is 31.4 Å². The number of benzene rings is 2. The number of anilines is 1. The SMILES string of the molecule is CCOC(=O)CN(c1cccc(OCC)c1)S(=O)(=O)c1ccc(OC)c(F)c1. The van der Waals surface area contributed by atoms with E-state index in [9.17, 15) is 17.6 Å². The normalized spacial score (nSPS) is 11.0. The first-order chi connectivity index (χ1) is 13.3. The van der Waals surface area contributed by atoms with Gasteiger partial charge in [0, 0.05) is 6.07 Å². The Morgan fingerprint density at radius 3 is 2.46 bits per heavy atom. The molecule has 0 aromatic heterocycles. The molecule has 0 unspecified atom stereocenters. The minimum atomic E-state index is -4.27. The van der Waals surface area contributed by atoms with Crippen molar-refractivity contribution in [2.24, 2.45) is 0 Å². The van der Waals surface area contributed by atoms with Crippen molar-refractivity contribution in [1.29, 1.82) is 0 Å². The monoisotopic (exact) mass is 411 g/mol. The molecule has 0 heterocycles. The summed E-state index contributed by atoms with van der Waals surface area (Å²) in [5, 5.41) is 0. The zero-order valence-corrected chi connectivity index (χ0v) is 16.7. The molecule has 0 aliphatic heterocycles. The summed E-state index contributed by atoms with van der Waals surface area (Å²) in [6, 6.07) is 9.53. The molecule has 2 rings (SSSR count). The molecule has 152 valence electrons. The summed E-state index contributed by atoms with van der Waals surface area (Å²) in [7, 11) is -2.99. The van der Waals surface area contributed by atoms with E-state index in [-0.39, 0.29) is 22.9 Å². The Bertz CT molecular complexity index is 932. The van der Waals surface area contributed by atoms with Crippen molar-refractivity contribution in [3.8, 4) is 11.5 Å². The molecule has 0 N–H and O–H groups in total. The van der Waals surface area contributed by atoms with Gasteiger partial charge in [-0.2, -0.15) is 0 Å². The van der Waals surface area contributed by atoms with Gasteiger partial charge in [0.2, 0.25) is 0 Å². The van der Waals surface area contributed by atoms with Crippen molar-refractivity contribution in [2.45, 2.75) is 18.7 Å². The maximum absolute atomic E-state index is 14.1. The van der Waals surface area contributed by atoms with Crippen LogP contribution in [0.5, 0.6) is 11.5 Å². The summed E-state index contributed by atoms with van der Waals surface area (Å²) in [4.78, 5) is 11.7. The van der Waals surface area contributed by atoms with Gasteiger partial charge in [-0.15, -0.1) is 0 Å². The number of sulfonamides is 1. The van der Waals surface area contributed by atoms with E-state index in [1.807, 2.05) is 0 Å². The minimum Gasteiger partial charge on any atom is -0.494 e. The van der Waals surface area contributed by atoms with E-state index in [0.717, 1.165) is 10.4 Å². The fraction of sp³-hybridized carbons (Fsp3) is 0.316. The molecule has 0 amide bonds. The molecule has 9 heteroatoms. The zero-order chi connectivity index (χ0) is 20.7. The largest absolute Gasteiger partial charge is 0.494 e. The van der Waals surface area contributed by atoms with Crippen molar-refractivity contribution in [3.63, 3.8) is 0 Å². The van der Waals surface area contributed by atoms with Gasteiger partial charge < -0.3 is 14.2 Å². The molecular formula is C19H22FNO6S. The first-order valence-electron chi connectivity index (χ1n) is 8.58. The van der Waals surface area contributed by atoms with Gasteiger partial charge in [-0.25, -0.2) is 12.8 Å². The van der Waals surface area contributed by atoms with Crippen LogP contribution in [0.2, 0.25) is 0 Å². The van der Waals surface area contributed by atoms with Gasteiger partial charge in [-0.3, -0.25) is 9.10 Å².